The quantitative estimate of drug-likeness (QED) is 0.0829. The molecule has 44 heavy (non-hydrogen) atoms. The molecule has 0 radical (unpaired) electrons. The highest BCUT2D eigenvalue weighted by molar-refractivity contribution is 7.81. The predicted molar refractivity (Wildman–Crippen MR) is 172 cm³/mol. The van der Waals surface area contributed by atoms with Crippen molar-refractivity contribution < 1.29 is 38.4 Å². The first-order valence-corrected chi connectivity index (χ1v) is 15.5. The van der Waals surface area contributed by atoms with Gasteiger partial charge in [-0.3, -0.25) is 9.59 Å². The van der Waals surface area contributed by atoms with Gasteiger partial charge < -0.3 is 28.8 Å². The normalized spacial score (nSPS) is 14.1. The van der Waals surface area contributed by atoms with Crippen molar-refractivity contribution in [3.63, 3.8) is 0 Å². The van der Waals surface area contributed by atoms with E-state index in [0.717, 1.165) is 45.3 Å². The summed E-state index contributed by atoms with van der Waals surface area (Å²) < 4.78 is 21.1. The first kappa shape index (κ1) is 34.7. The Morgan fingerprint density at radius 2 is 1.93 bits per heavy atom. The molecule has 0 saturated carbocycles. The second kappa shape index (κ2) is 16.9. The summed E-state index contributed by atoms with van der Waals surface area (Å²) in [6.45, 7) is 5.92. The molecule has 238 valence electrons. The van der Waals surface area contributed by atoms with Crippen molar-refractivity contribution in [3.05, 3.63) is 62.3 Å². The number of hydrogen-bond acceptors (Lipinski definition) is 10. The molecule has 0 fully saturated rings. The molecule has 2 N–H and O–H groups in total. The summed E-state index contributed by atoms with van der Waals surface area (Å²) in [5.41, 5.74) is 1.41. The van der Waals surface area contributed by atoms with E-state index in [1.807, 2.05) is 19.1 Å². The zero-order valence-corrected chi connectivity index (χ0v) is 26.7. The van der Waals surface area contributed by atoms with Crippen LogP contribution in [0.4, 0.5) is 4.79 Å². The van der Waals surface area contributed by atoms with E-state index in [1.165, 1.54) is 6.92 Å². The largest absolute Gasteiger partial charge is 0.516 e. The first-order chi connectivity index (χ1) is 21.1. The van der Waals surface area contributed by atoms with Crippen molar-refractivity contribution in [1.29, 1.82) is 0 Å². The Balaban J connectivity index is 1.76. The molecule has 10 heteroatoms. The molecule has 1 heterocycles. The van der Waals surface area contributed by atoms with Crippen molar-refractivity contribution in [3.8, 4) is 17.4 Å². The van der Waals surface area contributed by atoms with Crippen LogP contribution in [0, 0.1) is 5.92 Å². The molecule has 1 aliphatic carbocycles. The molecule has 3 rings (SSSR count). The molecule has 2 aromatic rings. The zero-order chi connectivity index (χ0) is 32.2. The van der Waals surface area contributed by atoms with Crippen LogP contribution in [0.5, 0.6) is 17.4 Å². The van der Waals surface area contributed by atoms with Crippen LogP contribution in [0.25, 0.3) is 11.6 Å². The number of methoxy groups -OCH3 is 1. The van der Waals surface area contributed by atoms with Crippen LogP contribution < -0.4 is 25.5 Å². The second-order valence-electron chi connectivity index (χ2n) is 10.8. The van der Waals surface area contributed by atoms with Gasteiger partial charge in [0.1, 0.15) is 16.9 Å². The van der Waals surface area contributed by atoms with Crippen LogP contribution in [0.15, 0.2) is 39.6 Å². The van der Waals surface area contributed by atoms with Gasteiger partial charge in [-0.25, -0.2) is 4.79 Å². The van der Waals surface area contributed by atoms with Crippen molar-refractivity contribution in [2.24, 2.45) is 5.92 Å². The highest BCUT2D eigenvalue weighted by atomic mass is 32.1. The number of carbonyl (C=O) groups is 2. The zero-order valence-electron chi connectivity index (χ0n) is 25.9. The Hall–Kier alpha value is -3.76. The summed E-state index contributed by atoms with van der Waals surface area (Å²) in [6.07, 6.45) is 10.1. The molecule has 0 unspecified atom stereocenters. The van der Waals surface area contributed by atoms with Crippen LogP contribution in [0.2, 0.25) is 0 Å². The lowest BCUT2D eigenvalue weighted by molar-refractivity contribution is 0.101. The summed E-state index contributed by atoms with van der Waals surface area (Å²) in [5, 5.41) is 22.1. The Morgan fingerprint density at radius 3 is 2.61 bits per heavy atom. The van der Waals surface area contributed by atoms with Crippen LogP contribution in [-0.4, -0.2) is 46.8 Å². The number of aliphatic hydroxyl groups is 1. The molecule has 1 aromatic carbocycles. The molecule has 9 nitrogen and oxygen atoms in total. The number of unbranched alkanes of at least 4 members (excludes halogenated alkanes) is 3. The van der Waals surface area contributed by atoms with Gasteiger partial charge in [-0.15, -0.1) is 0 Å². The number of rotatable bonds is 16. The van der Waals surface area contributed by atoms with E-state index in [4.69, 9.17) is 26.1 Å². The van der Waals surface area contributed by atoms with Crippen LogP contribution >= 0.6 is 12.2 Å². The number of fused-ring (bicyclic) bond motifs is 1. The number of carbonyl (C=O) groups excluding carboxylic acids is 2. The fourth-order valence-corrected chi connectivity index (χ4v) is 5.49. The summed E-state index contributed by atoms with van der Waals surface area (Å²) in [5.74, 6) is -0.369. The molecular formula is C34H42O9S. The molecule has 2 atom stereocenters. The fraction of sp³-hybridized carbons (Fsp3) is 0.471. The van der Waals surface area contributed by atoms with Gasteiger partial charge in [0.15, 0.2) is 11.2 Å². The van der Waals surface area contributed by atoms with E-state index in [-0.39, 0.29) is 22.9 Å². The molecule has 0 bridgehead atoms. The number of aliphatic hydroxyl groups excluding tert-OH is 1. The first-order valence-electron chi connectivity index (χ1n) is 15.1. The smallest absolute Gasteiger partial charge is 0.507 e. The molecule has 0 amide bonds. The number of thiocarbonyl (C=S) groups is 1. The van der Waals surface area contributed by atoms with E-state index < -0.39 is 23.6 Å². The number of ether oxygens (including phenoxy) is 3. The Bertz CT molecular complexity index is 1550. The lowest BCUT2D eigenvalue weighted by Gasteiger charge is -2.24. The SMILES string of the molecule is CCCC[C@H](O)[C@H](/C=C\CCCCOc1ccc(C(C)=O)c(O)c1CCC)C1=c2c(=O)cc(OC(=O)OC)oc2=CC(=S)C1. The van der Waals surface area contributed by atoms with Crippen molar-refractivity contribution in [2.45, 2.75) is 84.7 Å². The lowest BCUT2D eigenvalue weighted by atomic mass is 9.84. The Morgan fingerprint density at radius 1 is 1.16 bits per heavy atom. The van der Waals surface area contributed by atoms with Gasteiger partial charge in [0.25, 0.3) is 5.95 Å². The van der Waals surface area contributed by atoms with Crippen LogP contribution in [0.3, 0.4) is 0 Å². The summed E-state index contributed by atoms with van der Waals surface area (Å²) in [6, 6.07) is 4.43. The molecular weight excluding hydrogens is 584 g/mol. The number of ketones is 1. The standard InChI is InChI=1S/C34H42O9S/c1-5-7-14-27(36)24(26-18-22(44)19-30-32(26)28(37)20-31(42-30)43-34(39)40-4)13-10-8-9-11-17-41-29-16-15-23(21(3)35)33(38)25(29)12-6-2/h10,13,15-16,19-20,24,27,36,38H,5-9,11-12,14,17-18H2,1-4H3/b13-10-/t24-,27+/m1/s1. The van der Waals surface area contributed by atoms with Gasteiger partial charge in [-0.05, 0) is 62.8 Å². The Kier molecular flexibility index (Phi) is 13.4. The number of aromatic hydroxyl groups is 1. The molecule has 0 aliphatic heterocycles. The van der Waals surface area contributed by atoms with Crippen LogP contribution in [-0.2, 0) is 11.2 Å². The van der Waals surface area contributed by atoms with Gasteiger partial charge in [0, 0.05) is 22.8 Å². The third kappa shape index (κ3) is 9.12. The maximum absolute atomic E-state index is 13.2. The molecule has 0 saturated heterocycles. The highest BCUT2D eigenvalue weighted by Crippen LogP contribution is 2.33. The molecule has 1 aliphatic rings. The number of allylic oxidation sites excluding steroid dienone is 1. The monoisotopic (exact) mass is 626 g/mol. The summed E-state index contributed by atoms with van der Waals surface area (Å²) in [7, 11) is 1.15. The lowest BCUT2D eigenvalue weighted by Crippen LogP contribution is -2.45. The maximum atomic E-state index is 13.2. The fourth-order valence-electron chi connectivity index (χ4n) is 5.23. The third-order valence-electron chi connectivity index (χ3n) is 7.44. The minimum absolute atomic E-state index is 0.00687. The molecule has 0 spiro atoms. The average molecular weight is 627 g/mol. The second-order valence-corrected chi connectivity index (χ2v) is 11.3. The average Bonchev–Trinajstić information content (AvgIpc) is 2.98. The topological polar surface area (TPSA) is 133 Å². The van der Waals surface area contributed by atoms with Crippen molar-refractivity contribution in [2.75, 3.05) is 13.7 Å². The maximum Gasteiger partial charge on any atom is 0.516 e. The summed E-state index contributed by atoms with van der Waals surface area (Å²) in [4.78, 5) is 37.1. The van der Waals surface area contributed by atoms with E-state index in [1.54, 1.807) is 18.2 Å². The van der Waals surface area contributed by atoms with Gasteiger partial charge >= 0.3 is 6.16 Å². The van der Waals surface area contributed by atoms with Gasteiger partial charge in [0.05, 0.1) is 36.7 Å². The number of benzene rings is 1. The summed E-state index contributed by atoms with van der Waals surface area (Å²) >= 11 is 5.50. The van der Waals surface area contributed by atoms with E-state index in [9.17, 15) is 24.6 Å². The number of Topliss-reactive ketones (excluding diaryl/α,β-unsaturated/α-hetero) is 1. The third-order valence-corrected chi connectivity index (χ3v) is 7.70. The van der Waals surface area contributed by atoms with E-state index in [2.05, 4.69) is 11.7 Å². The minimum Gasteiger partial charge on any atom is -0.507 e. The van der Waals surface area contributed by atoms with Gasteiger partial charge in [0.2, 0.25) is 0 Å². The minimum atomic E-state index is -1.01. The number of hydrogen-bond donors (Lipinski definition) is 2. The van der Waals surface area contributed by atoms with Gasteiger partial charge in [-0.2, -0.15) is 0 Å². The van der Waals surface area contributed by atoms with Crippen LogP contribution in [0.1, 0.15) is 88.1 Å². The van der Waals surface area contributed by atoms with E-state index in [0.29, 0.717) is 64.8 Å². The van der Waals surface area contributed by atoms with E-state index >= 15 is 0 Å². The predicted octanol–water partition coefficient (Wildman–Crippen LogP) is 5.32. The number of phenolic OH excluding ortho intramolecular Hbond substituents is 1. The van der Waals surface area contributed by atoms with Crippen molar-refractivity contribution in [1.82, 2.24) is 0 Å². The molecule has 1 aromatic heterocycles. The van der Waals surface area contributed by atoms with Gasteiger partial charge in [-0.1, -0.05) is 57.5 Å². The Labute approximate surface area is 262 Å². The van der Waals surface area contributed by atoms with Crippen molar-refractivity contribution >= 4 is 40.7 Å². The number of phenols is 1. The highest BCUT2D eigenvalue weighted by Gasteiger charge is 2.26.